The van der Waals surface area contributed by atoms with Gasteiger partial charge in [0, 0.05) is 6.42 Å². The summed E-state index contributed by atoms with van der Waals surface area (Å²) in [4.78, 5) is 0. The lowest BCUT2D eigenvalue weighted by Crippen LogP contribution is -2.09. The number of hydrogen-bond acceptors (Lipinski definition) is 1. The summed E-state index contributed by atoms with van der Waals surface area (Å²) in [6.07, 6.45) is 1.70. The summed E-state index contributed by atoms with van der Waals surface area (Å²) < 4.78 is 5.79. The monoisotopic (exact) mass is 322 g/mol. The second-order valence-corrected chi connectivity index (χ2v) is 5.93. The number of aryl methyl sites for hydroxylation is 1. The van der Waals surface area contributed by atoms with Gasteiger partial charge in [0.25, 0.3) is 0 Å². The van der Waals surface area contributed by atoms with Crippen molar-refractivity contribution in [1.29, 1.82) is 0 Å². The molecule has 3 aromatic carbocycles. The Labute approximate surface area is 142 Å². The van der Waals surface area contributed by atoms with Gasteiger partial charge in [0.05, 0.1) is 0 Å². The van der Waals surface area contributed by atoms with Crippen LogP contribution in [0.5, 0.6) is 5.75 Å². The normalized spacial score (nSPS) is 11.9. The fourth-order valence-electron chi connectivity index (χ4n) is 2.49. The van der Waals surface area contributed by atoms with Crippen molar-refractivity contribution in [3.05, 3.63) is 90.5 Å². The summed E-state index contributed by atoms with van der Waals surface area (Å²) in [6, 6.07) is 28.7. The van der Waals surface area contributed by atoms with Gasteiger partial charge in [0.1, 0.15) is 5.75 Å². The fourth-order valence-corrected chi connectivity index (χ4v) is 2.70. The third-order valence-corrected chi connectivity index (χ3v) is 4.04. The van der Waals surface area contributed by atoms with Crippen LogP contribution in [0.4, 0.5) is 0 Å². The predicted octanol–water partition coefficient (Wildman–Crippen LogP) is 5.93. The Morgan fingerprint density at radius 1 is 0.696 bits per heavy atom. The van der Waals surface area contributed by atoms with Crippen molar-refractivity contribution < 1.29 is 4.74 Å². The molecule has 2 heteroatoms. The van der Waals surface area contributed by atoms with E-state index in [1.165, 1.54) is 16.7 Å². The zero-order chi connectivity index (χ0) is 15.9. The molecule has 23 heavy (non-hydrogen) atoms. The molecule has 0 heterocycles. The molecule has 0 aromatic heterocycles. The Morgan fingerprint density at radius 2 is 1.26 bits per heavy atom. The van der Waals surface area contributed by atoms with E-state index in [1.807, 2.05) is 48.5 Å². The molecule has 0 saturated carbocycles. The van der Waals surface area contributed by atoms with E-state index in [-0.39, 0.29) is 5.56 Å². The number of rotatable bonds is 6. The summed E-state index contributed by atoms with van der Waals surface area (Å²) in [7, 11) is 0. The van der Waals surface area contributed by atoms with Gasteiger partial charge in [-0.25, -0.2) is 0 Å². The van der Waals surface area contributed by atoms with E-state index in [2.05, 4.69) is 36.4 Å². The van der Waals surface area contributed by atoms with Crippen LogP contribution >= 0.6 is 11.6 Å². The van der Waals surface area contributed by atoms with Crippen molar-refractivity contribution >= 4 is 11.6 Å². The number of halogens is 1. The van der Waals surface area contributed by atoms with E-state index in [0.717, 1.165) is 18.6 Å². The summed E-state index contributed by atoms with van der Waals surface area (Å²) in [5.41, 5.74) is 3.33. The third-order valence-electron chi connectivity index (χ3n) is 3.73. The van der Waals surface area contributed by atoms with Crippen molar-refractivity contribution in [2.75, 3.05) is 0 Å². The highest BCUT2D eigenvalue weighted by Gasteiger charge is 2.07. The first-order chi connectivity index (χ1) is 11.3. The summed E-state index contributed by atoms with van der Waals surface area (Å²) in [6.45, 7) is 0. The van der Waals surface area contributed by atoms with Crippen LogP contribution in [0.2, 0.25) is 0 Å². The molecule has 0 aliphatic carbocycles. The lowest BCUT2D eigenvalue weighted by Gasteiger charge is -2.13. The molecule has 0 bridgehead atoms. The van der Waals surface area contributed by atoms with E-state index in [0.29, 0.717) is 0 Å². The summed E-state index contributed by atoms with van der Waals surface area (Å²) >= 11 is 6.30. The predicted molar refractivity (Wildman–Crippen MR) is 96.9 cm³/mol. The van der Waals surface area contributed by atoms with Gasteiger partial charge in [-0.3, -0.25) is 0 Å². The van der Waals surface area contributed by atoms with Gasteiger partial charge in [-0.05, 0) is 35.2 Å². The molecular formula is C21H19ClO. The zero-order valence-electron chi connectivity index (χ0n) is 12.9. The molecule has 0 fully saturated rings. The molecular weight excluding hydrogens is 304 g/mol. The van der Waals surface area contributed by atoms with Crippen LogP contribution in [0.25, 0.3) is 11.1 Å². The lowest BCUT2D eigenvalue weighted by molar-refractivity contribution is 0.271. The van der Waals surface area contributed by atoms with Crippen LogP contribution in [0, 0.1) is 0 Å². The summed E-state index contributed by atoms with van der Waals surface area (Å²) in [5, 5.41) is 0. The van der Waals surface area contributed by atoms with Crippen LogP contribution in [0.3, 0.4) is 0 Å². The molecule has 0 aliphatic heterocycles. The minimum atomic E-state index is -0.321. The maximum atomic E-state index is 6.30. The number of ether oxygens (including phenoxy) is 1. The molecule has 0 spiro atoms. The lowest BCUT2D eigenvalue weighted by atomic mass is 10.1. The minimum absolute atomic E-state index is 0.321. The molecule has 0 saturated heterocycles. The Morgan fingerprint density at radius 3 is 1.91 bits per heavy atom. The molecule has 3 rings (SSSR count). The quantitative estimate of drug-likeness (QED) is 0.511. The van der Waals surface area contributed by atoms with E-state index in [4.69, 9.17) is 16.3 Å². The zero-order valence-corrected chi connectivity index (χ0v) is 13.6. The summed E-state index contributed by atoms with van der Waals surface area (Å²) in [5.74, 6) is 0.803. The van der Waals surface area contributed by atoms with E-state index in [1.54, 1.807) is 0 Å². The molecule has 0 aliphatic rings. The topological polar surface area (TPSA) is 9.23 Å². The highest BCUT2D eigenvalue weighted by atomic mass is 35.5. The first-order valence-corrected chi connectivity index (χ1v) is 8.25. The second kappa shape index (κ2) is 7.85. The Kier molecular flexibility index (Phi) is 5.33. The van der Waals surface area contributed by atoms with Gasteiger partial charge in [0.15, 0.2) is 5.56 Å². The first kappa shape index (κ1) is 15.6. The Hall–Kier alpha value is -2.25. The van der Waals surface area contributed by atoms with Crippen molar-refractivity contribution in [1.82, 2.24) is 0 Å². The second-order valence-electron chi connectivity index (χ2n) is 5.44. The first-order valence-electron chi connectivity index (χ1n) is 7.81. The number of alkyl halides is 1. The SMILES string of the molecule is Cl[C@H](CCc1ccccc1)Oc1ccc(-c2ccccc2)cc1. The fraction of sp³-hybridized carbons (Fsp3) is 0.143. The van der Waals surface area contributed by atoms with Crippen LogP contribution in [0.15, 0.2) is 84.9 Å². The highest BCUT2D eigenvalue weighted by molar-refractivity contribution is 6.19. The van der Waals surface area contributed by atoms with Crippen LogP contribution in [-0.4, -0.2) is 5.56 Å². The van der Waals surface area contributed by atoms with E-state index >= 15 is 0 Å². The number of hydrogen-bond donors (Lipinski definition) is 0. The molecule has 0 unspecified atom stereocenters. The minimum Gasteiger partial charge on any atom is -0.475 e. The van der Waals surface area contributed by atoms with E-state index < -0.39 is 0 Å². The van der Waals surface area contributed by atoms with Crippen LogP contribution in [0.1, 0.15) is 12.0 Å². The molecule has 1 atom stereocenters. The standard InChI is InChI=1S/C21H19ClO/c22-21(16-11-17-7-3-1-4-8-17)23-20-14-12-19(13-15-20)18-9-5-2-6-10-18/h1-10,12-15,21H,11,16H2/t21-/m0/s1. The van der Waals surface area contributed by atoms with Gasteiger partial charge in [-0.2, -0.15) is 0 Å². The van der Waals surface area contributed by atoms with Crippen molar-refractivity contribution in [2.45, 2.75) is 18.4 Å². The maximum absolute atomic E-state index is 6.30. The molecule has 0 N–H and O–H groups in total. The molecule has 0 amide bonds. The Balaban J connectivity index is 1.55. The number of benzene rings is 3. The average Bonchev–Trinajstić information content (AvgIpc) is 2.62. The van der Waals surface area contributed by atoms with Crippen LogP contribution in [-0.2, 0) is 6.42 Å². The largest absolute Gasteiger partial charge is 0.475 e. The van der Waals surface area contributed by atoms with Gasteiger partial charge < -0.3 is 4.74 Å². The molecule has 1 nitrogen and oxygen atoms in total. The maximum Gasteiger partial charge on any atom is 0.172 e. The van der Waals surface area contributed by atoms with Gasteiger partial charge >= 0.3 is 0 Å². The molecule has 0 radical (unpaired) electrons. The average molecular weight is 323 g/mol. The smallest absolute Gasteiger partial charge is 0.172 e. The van der Waals surface area contributed by atoms with Gasteiger partial charge in [0.2, 0.25) is 0 Å². The Bertz CT molecular complexity index is 708. The third kappa shape index (κ3) is 4.61. The van der Waals surface area contributed by atoms with Crippen molar-refractivity contribution in [3.8, 4) is 16.9 Å². The van der Waals surface area contributed by atoms with Crippen molar-refractivity contribution in [2.24, 2.45) is 0 Å². The van der Waals surface area contributed by atoms with Crippen molar-refractivity contribution in [3.63, 3.8) is 0 Å². The molecule has 3 aromatic rings. The highest BCUT2D eigenvalue weighted by Crippen LogP contribution is 2.23. The van der Waals surface area contributed by atoms with Gasteiger partial charge in [-0.15, -0.1) is 0 Å². The van der Waals surface area contributed by atoms with Gasteiger partial charge in [-0.1, -0.05) is 84.4 Å². The molecule has 116 valence electrons. The van der Waals surface area contributed by atoms with E-state index in [9.17, 15) is 0 Å². The van der Waals surface area contributed by atoms with Crippen LogP contribution < -0.4 is 4.74 Å².